The number of hydrogen-bond donors (Lipinski definition) is 0. The second-order valence-corrected chi connectivity index (χ2v) is 13.4. The Morgan fingerprint density at radius 1 is 0.273 bits per heavy atom. The summed E-state index contributed by atoms with van der Waals surface area (Å²) in [6, 6.07) is 68.9. The molecule has 0 heterocycles. The topological polar surface area (TPSA) is 3.24 Å². The van der Waals surface area contributed by atoms with Crippen LogP contribution in [0.15, 0.2) is 236 Å². The molecule has 1 nitrogen and oxygen atoms in total. The molecule has 0 aliphatic heterocycles. The molecule has 1 heteroatoms. The minimum Gasteiger partial charge on any atom is -0.309 e. The molecular weight excluding hydrogens is 663 g/mol. The molecule has 0 aromatic heterocycles. The molecule has 9 aromatic rings. The standard InChI is InChI=1S/C54H39N/c1-6-18-40(19-7-1)47-33-37-54(52(39-47)45-26-14-5-15-27-45)55(53-29-17-16-28-50(53)43-22-10-3-11-23-43)48-34-30-41(31-35-48)46-32-36-49(42-20-8-2-9-21-42)51(38-46)44-24-12-4-13-25-44/h1-39H/i3D,10D,11D,22D,23D. The molecule has 55 heavy (non-hydrogen) atoms. The van der Waals surface area contributed by atoms with E-state index in [-0.39, 0.29) is 29.7 Å². The van der Waals surface area contributed by atoms with E-state index in [1.54, 1.807) is 0 Å². The van der Waals surface area contributed by atoms with Crippen molar-refractivity contribution in [3.05, 3.63) is 236 Å². The summed E-state index contributed by atoms with van der Waals surface area (Å²) < 4.78 is 43.4. The summed E-state index contributed by atoms with van der Waals surface area (Å²) in [5.74, 6) is 0. The highest BCUT2D eigenvalue weighted by Crippen LogP contribution is 2.46. The van der Waals surface area contributed by atoms with Gasteiger partial charge in [0.2, 0.25) is 0 Å². The molecule has 0 unspecified atom stereocenters. The first-order valence-electron chi connectivity index (χ1n) is 20.9. The molecule has 0 spiro atoms. The van der Waals surface area contributed by atoms with E-state index in [0.29, 0.717) is 11.3 Å². The van der Waals surface area contributed by atoms with Crippen molar-refractivity contribution in [2.75, 3.05) is 4.90 Å². The molecule has 0 fully saturated rings. The van der Waals surface area contributed by atoms with Crippen LogP contribution in [0.25, 0.3) is 66.8 Å². The lowest BCUT2D eigenvalue weighted by molar-refractivity contribution is 1.28. The van der Waals surface area contributed by atoms with Crippen molar-refractivity contribution in [3.63, 3.8) is 0 Å². The van der Waals surface area contributed by atoms with Gasteiger partial charge in [-0.25, -0.2) is 0 Å². The van der Waals surface area contributed by atoms with Crippen LogP contribution in [0, 0.1) is 0 Å². The lowest BCUT2D eigenvalue weighted by Gasteiger charge is -2.30. The van der Waals surface area contributed by atoms with Gasteiger partial charge in [-0.05, 0) is 92.0 Å². The number of hydrogen-bond acceptors (Lipinski definition) is 1. The fourth-order valence-corrected chi connectivity index (χ4v) is 7.32. The van der Waals surface area contributed by atoms with E-state index >= 15 is 0 Å². The van der Waals surface area contributed by atoms with Gasteiger partial charge in [0.15, 0.2) is 0 Å². The Hall–Kier alpha value is -7.22. The fraction of sp³-hybridized carbons (Fsp3) is 0. The molecule has 0 amide bonds. The summed E-state index contributed by atoms with van der Waals surface area (Å²) in [6.45, 7) is 0. The highest BCUT2D eigenvalue weighted by Gasteiger charge is 2.21. The third-order valence-electron chi connectivity index (χ3n) is 9.99. The zero-order valence-electron chi connectivity index (χ0n) is 35.1. The lowest BCUT2D eigenvalue weighted by Crippen LogP contribution is -2.12. The van der Waals surface area contributed by atoms with Gasteiger partial charge in [0, 0.05) is 16.8 Å². The molecule has 0 atom stereocenters. The Morgan fingerprint density at radius 2 is 0.709 bits per heavy atom. The van der Waals surface area contributed by atoms with Gasteiger partial charge in [0.05, 0.1) is 18.2 Å². The maximum absolute atomic E-state index is 9.00. The molecule has 0 saturated heterocycles. The van der Waals surface area contributed by atoms with Crippen LogP contribution in [0.3, 0.4) is 0 Å². The first-order chi connectivity index (χ1) is 29.4. The summed E-state index contributed by atoms with van der Waals surface area (Å²) in [4.78, 5) is 2.14. The van der Waals surface area contributed by atoms with Crippen LogP contribution >= 0.6 is 0 Å². The Kier molecular flexibility index (Phi) is 7.93. The molecule has 9 aromatic carbocycles. The second kappa shape index (κ2) is 15.4. The van der Waals surface area contributed by atoms with Crippen LogP contribution in [-0.2, 0) is 0 Å². The Labute approximate surface area is 331 Å². The molecule has 260 valence electrons. The normalized spacial score (nSPS) is 12.2. The first kappa shape index (κ1) is 28.3. The molecule has 0 saturated carbocycles. The predicted molar refractivity (Wildman–Crippen MR) is 234 cm³/mol. The summed E-state index contributed by atoms with van der Waals surface area (Å²) in [7, 11) is 0. The molecule has 0 bridgehead atoms. The van der Waals surface area contributed by atoms with Gasteiger partial charge >= 0.3 is 0 Å². The summed E-state index contributed by atoms with van der Waals surface area (Å²) in [6.07, 6.45) is 0. The number of nitrogens with zero attached hydrogens (tertiary/aromatic N) is 1. The number of benzene rings is 9. The highest BCUT2D eigenvalue weighted by atomic mass is 15.1. The summed E-state index contributed by atoms with van der Waals surface area (Å²) in [5.41, 5.74) is 13.9. The fourth-order valence-electron chi connectivity index (χ4n) is 7.32. The van der Waals surface area contributed by atoms with E-state index in [9.17, 15) is 0 Å². The van der Waals surface area contributed by atoms with Crippen molar-refractivity contribution in [3.8, 4) is 66.8 Å². The maximum Gasteiger partial charge on any atom is 0.0629 e. The zero-order chi connectivity index (χ0) is 41.2. The Bertz CT molecular complexity index is 2920. The van der Waals surface area contributed by atoms with E-state index in [4.69, 9.17) is 6.85 Å². The van der Waals surface area contributed by atoms with Gasteiger partial charge in [-0.2, -0.15) is 0 Å². The van der Waals surface area contributed by atoms with Crippen molar-refractivity contribution in [1.29, 1.82) is 0 Å². The predicted octanol–water partition coefficient (Wildman–Crippen LogP) is 15.2. The monoisotopic (exact) mass is 706 g/mol. The maximum atomic E-state index is 9.00. The van der Waals surface area contributed by atoms with E-state index < -0.39 is 6.04 Å². The minimum absolute atomic E-state index is 0.146. The van der Waals surface area contributed by atoms with Gasteiger partial charge in [-0.1, -0.05) is 200 Å². The SMILES string of the molecule is [2H]c1c([2H])c([2H])c(-c2ccccc2N(c2ccc(-c3ccc(-c4ccccc4)c(-c4ccccc4)c3)cc2)c2ccc(-c3ccccc3)cc2-c2ccccc2)c([2H])c1[2H]. The second-order valence-electron chi connectivity index (χ2n) is 13.4. The van der Waals surface area contributed by atoms with Gasteiger partial charge < -0.3 is 4.90 Å². The van der Waals surface area contributed by atoms with E-state index in [2.05, 4.69) is 138 Å². The smallest absolute Gasteiger partial charge is 0.0629 e. The molecule has 0 aliphatic rings. The third kappa shape index (κ3) is 7.00. The molecule has 0 N–H and O–H groups in total. The molecule has 0 radical (unpaired) electrons. The first-order valence-corrected chi connectivity index (χ1v) is 18.4. The number of anilines is 3. The summed E-state index contributed by atoms with van der Waals surface area (Å²) >= 11 is 0. The minimum atomic E-state index is -0.422. The number of rotatable bonds is 9. The number of para-hydroxylation sites is 1. The molecular formula is C54H39N. The quantitative estimate of drug-likeness (QED) is 0.144. The van der Waals surface area contributed by atoms with Gasteiger partial charge in [-0.3, -0.25) is 0 Å². The average Bonchev–Trinajstić information content (AvgIpc) is 3.32. The van der Waals surface area contributed by atoms with Crippen LogP contribution < -0.4 is 4.90 Å². The van der Waals surface area contributed by atoms with Crippen LogP contribution in [0.2, 0.25) is 0 Å². The van der Waals surface area contributed by atoms with Crippen molar-refractivity contribution >= 4 is 17.1 Å². The van der Waals surface area contributed by atoms with Crippen molar-refractivity contribution in [2.45, 2.75) is 0 Å². The van der Waals surface area contributed by atoms with Gasteiger partial charge in [0.25, 0.3) is 0 Å². The van der Waals surface area contributed by atoms with Crippen LogP contribution in [0.1, 0.15) is 6.85 Å². The average molecular weight is 707 g/mol. The van der Waals surface area contributed by atoms with E-state index in [0.717, 1.165) is 67.0 Å². The molecule has 9 rings (SSSR count). The van der Waals surface area contributed by atoms with Crippen molar-refractivity contribution in [2.24, 2.45) is 0 Å². The van der Waals surface area contributed by atoms with Crippen molar-refractivity contribution < 1.29 is 6.85 Å². The van der Waals surface area contributed by atoms with Crippen LogP contribution in [-0.4, -0.2) is 0 Å². The van der Waals surface area contributed by atoms with E-state index in [1.807, 2.05) is 72.8 Å². The Morgan fingerprint density at radius 3 is 1.33 bits per heavy atom. The zero-order valence-corrected chi connectivity index (χ0v) is 30.1. The summed E-state index contributed by atoms with van der Waals surface area (Å²) in [5, 5.41) is 0. The largest absolute Gasteiger partial charge is 0.309 e. The van der Waals surface area contributed by atoms with E-state index in [1.165, 1.54) is 0 Å². The van der Waals surface area contributed by atoms with Crippen molar-refractivity contribution in [1.82, 2.24) is 0 Å². The van der Waals surface area contributed by atoms with Gasteiger partial charge in [-0.15, -0.1) is 0 Å². The molecule has 0 aliphatic carbocycles. The highest BCUT2D eigenvalue weighted by molar-refractivity contribution is 5.95. The van der Waals surface area contributed by atoms with Crippen LogP contribution in [0.4, 0.5) is 17.1 Å². The van der Waals surface area contributed by atoms with Gasteiger partial charge in [0.1, 0.15) is 0 Å². The Balaban J connectivity index is 1.25. The lowest BCUT2D eigenvalue weighted by atomic mass is 9.91. The third-order valence-corrected chi connectivity index (χ3v) is 9.99. The van der Waals surface area contributed by atoms with Crippen LogP contribution in [0.5, 0.6) is 0 Å².